The number of hydrogen-bond donors (Lipinski definition) is 7. The van der Waals surface area contributed by atoms with E-state index in [4.69, 9.17) is 11.5 Å². The van der Waals surface area contributed by atoms with Crippen molar-refractivity contribution in [3.63, 3.8) is 0 Å². The number of nitrogens with one attached hydrogen (secondary N) is 3. The number of anilines is 5. The summed E-state index contributed by atoms with van der Waals surface area (Å²) >= 11 is 0. The van der Waals surface area contributed by atoms with Crippen molar-refractivity contribution in [1.29, 1.82) is 0 Å². The number of benzene rings is 2. The van der Waals surface area contributed by atoms with Gasteiger partial charge in [-0.15, -0.1) is 0 Å². The van der Waals surface area contributed by atoms with Gasteiger partial charge in [0.15, 0.2) is 0 Å². The molecule has 2 saturated heterocycles. The Labute approximate surface area is 242 Å². The number of aromatic nitrogens is 5. The Balaban J connectivity index is 1.24. The summed E-state index contributed by atoms with van der Waals surface area (Å²) < 4.78 is 28.6. The summed E-state index contributed by atoms with van der Waals surface area (Å²) in [4.78, 5) is 17.4. The van der Waals surface area contributed by atoms with Gasteiger partial charge in [0.1, 0.15) is 0 Å². The van der Waals surface area contributed by atoms with E-state index in [1.54, 1.807) is 41.4 Å². The first-order valence-electron chi connectivity index (χ1n) is 13.6. The van der Waals surface area contributed by atoms with E-state index in [1.807, 2.05) is 4.90 Å². The molecule has 4 aromatic rings. The average molecular weight is 596 g/mol. The van der Waals surface area contributed by atoms with Gasteiger partial charge in [-0.25, -0.2) is 8.42 Å². The van der Waals surface area contributed by atoms with Crippen LogP contribution in [0.15, 0.2) is 53.6 Å². The van der Waals surface area contributed by atoms with Crippen LogP contribution in [0.25, 0.3) is 10.9 Å². The molecule has 222 valence electrons. The molecule has 9 N–H and O–H groups in total. The number of fused-ring (bicyclic) bond motifs is 1. The second kappa shape index (κ2) is 11.3. The molecule has 0 unspecified atom stereocenters. The van der Waals surface area contributed by atoms with Crippen LogP contribution >= 0.6 is 0 Å². The van der Waals surface area contributed by atoms with E-state index < -0.39 is 22.2 Å². The van der Waals surface area contributed by atoms with Crippen molar-refractivity contribution < 1.29 is 18.6 Å². The molecule has 0 saturated carbocycles. The summed E-state index contributed by atoms with van der Waals surface area (Å²) in [7, 11) is -3.86. The molecular weight excluding hydrogens is 562 g/mol. The Morgan fingerprint density at radius 2 is 1.45 bits per heavy atom. The minimum Gasteiger partial charge on any atom is -0.391 e. The Morgan fingerprint density at radius 1 is 0.833 bits per heavy atom. The second-order valence-corrected chi connectivity index (χ2v) is 12.5. The standard InChI is InChI=1S/C26H33N11O4S/c27-16-7-17(28)12-36(11-16)25-31-24(32-26(33-25)37-13-20(38)9-21(39)14-37)30-18-3-5-22(6-4-18)42(40,41)35-19-2-1-15-10-29-34-23(15)8-19/h1-6,8,10,16-17,20-21,35,38-39H,7,9,11-14,27-28H2,(H,29,34)(H,30,31,32,33)/t16-,17+,20-,21-/m1/s1. The van der Waals surface area contributed by atoms with Crippen LogP contribution in [0, 0.1) is 0 Å². The lowest BCUT2D eigenvalue weighted by Gasteiger charge is -2.36. The van der Waals surface area contributed by atoms with Gasteiger partial charge in [-0.1, -0.05) is 0 Å². The number of aromatic amines is 1. The van der Waals surface area contributed by atoms with Gasteiger partial charge >= 0.3 is 0 Å². The van der Waals surface area contributed by atoms with Crippen molar-refractivity contribution in [3.05, 3.63) is 48.7 Å². The molecule has 16 heteroatoms. The number of aliphatic hydroxyl groups excluding tert-OH is 2. The third-order valence-corrected chi connectivity index (χ3v) is 8.61. The zero-order valence-corrected chi connectivity index (χ0v) is 23.4. The van der Waals surface area contributed by atoms with Crippen LogP contribution in [0.3, 0.4) is 0 Å². The number of β-amino-alcohol motifs (C(OH)–C–C–N with tert-alkyl or cyclic N) is 2. The summed E-state index contributed by atoms with van der Waals surface area (Å²) in [5.74, 6) is 0.852. The Hall–Kier alpha value is -4.09. The first-order valence-corrected chi connectivity index (χ1v) is 15.1. The highest BCUT2D eigenvalue weighted by Crippen LogP contribution is 2.26. The fraction of sp³-hybridized carbons (Fsp3) is 0.385. The highest BCUT2D eigenvalue weighted by atomic mass is 32.2. The molecule has 0 bridgehead atoms. The van der Waals surface area contributed by atoms with Crippen LogP contribution in [0.4, 0.5) is 29.2 Å². The molecule has 0 amide bonds. The number of H-pyrrole nitrogens is 1. The molecule has 6 rings (SSSR count). The summed E-state index contributed by atoms with van der Waals surface area (Å²) in [5, 5.41) is 31.2. The molecule has 0 spiro atoms. The number of piperidine rings is 2. The maximum absolute atomic E-state index is 13.0. The van der Waals surface area contributed by atoms with Gasteiger partial charge in [0, 0.05) is 55.8 Å². The fourth-order valence-electron chi connectivity index (χ4n) is 5.31. The van der Waals surface area contributed by atoms with E-state index in [2.05, 4.69) is 35.2 Å². The molecule has 4 heterocycles. The topological polar surface area (TPSA) is 225 Å². The molecule has 4 atom stereocenters. The van der Waals surface area contributed by atoms with Gasteiger partial charge in [-0.05, 0) is 48.9 Å². The van der Waals surface area contributed by atoms with Crippen LogP contribution in [-0.4, -0.2) is 94.3 Å². The quantitative estimate of drug-likeness (QED) is 0.151. The summed E-state index contributed by atoms with van der Waals surface area (Å²) in [6.07, 6.45) is 1.16. The molecule has 15 nitrogen and oxygen atoms in total. The first kappa shape index (κ1) is 28.0. The number of nitrogens with zero attached hydrogens (tertiary/aromatic N) is 6. The zero-order valence-electron chi connectivity index (χ0n) is 22.6. The van der Waals surface area contributed by atoms with Crippen molar-refractivity contribution in [3.8, 4) is 0 Å². The van der Waals surface area contributed by atoms with Crippen molar-refractivity contribution in [1.82, 2.24) is 25.1 Å². The lowest BCUT2D eigenvalue weighted by Crippen LogP contribution is -2.53. The van der Waals surface area contributed by atoms with Gasteiger partial charge in [0.25, 0.3) is 10.0 Å². The molecule has 2 aromatic heterocycles. The predicted octanol–water partition coefficient (Wildman–Crippen LogP) is 0.0889. The highest BCUT2D eigenvalue weighted by molar-refractivity contribution is 7.92. The maximum atomic E-state index is 13.0. The molecule has 0 aliphatic carbocycles. The molecular formula is C26H33N11O4S. The largest absolute Gasteiger partial charge is 0.391 e. The first-order chi connectivity index (χ1) is 20.1. The van der Waals surface area contributed by atoms with Gasteiger partial charge < -0.3 is 36.8 Å². The molecule has 42 heavy (non-hydrogen) atoms. The van der Waals surface area contributed by atoms with Gasteiger partial charge in [-0.2, -0.15) is 20.1 Å². The van der Waals surface area contributed by atoms with E-state index in [1.165, 1.54) is 12.1 Å². The number of aliphatic hydroxyl groups is 2. The third-order valence-electron chi connectivity index (χ3n) is 7.21. The van der Waals surface area contributed by atoms with Crippen LogP contribution in [0.2, 0.25) is 0 Å². The van der Waals surface area contributed by atoms with Crippen molar-refractivity contribution in [2.24, 2.45) is 11.5 Å². The van der Waals surface area contributed by atoms with Crippen molar-refractivity contribution in [2.45, 2.75) is 42.0 Å². The smallest absolute Gasteiger partial charge is 0.261 e. The average Bonchev–Trinajstić information content (AvgIpc) is 3.40. The SMILES string of the molecule is N[C@@H]1C[C@H](N)CN(c2nc(Nc3ccc(S(=O)(=O)Nc4ccc5cn[nH]c5c4)cc3)nc(N3C[C@H](O)C[C@@H](O)C3)n2)C1. The van der Waals surface area contributed by atoms with Crippen molar-refractivity contribution in [2.75, 3.05) is 46.0 Å². The fourth-order valence-corrected chi connectivity index (χ4v) is 6.35. The van der Waals surface area contributed by atoms with E-state index in [9.17, 15) is 18.6 Å². The van der Waals surface area contributed by atoms with E-state index in [-0.39, 0.29) is 48.4 Å². The van der Waals surface area contributed by atoms with Crippen molar-refractivity contribution >= 4 is 50.1 Å². The van der Waals surface area contributed by atoms with E-state index in [0.717, 1.165) is 5.39 Å². The lowest BCUT2D eigenvalue weighted by atomic mass is 10.0. The molecule has 2 aliphatic heterocycles. The summed E-state index contributed by atoms with van der Waals surface area (Å²) in [6, 6.07) is 11.0. The maximum Gasteiger partial charge on any atom is 0.261 e. The minimum absolute atomic E-state index is 0.0716. The van der Waals surface area contributed by atoms with Gasteiger partial charge in [-0.3, -0.25) is 9.82 Å². The lowest BCUT2D eigenvalue weighted by molar-refractivity contribution is 0.0645. The number of sulfonamides is 1. The van der Waals surface area contributed by atoms with Crippen LogP contribution in [0.5, 0.6) is 0 Å². The van der Waals surface area contributed by atoms with Crippen LogP contribution in [-0.2, 0) is 10.0 Å². The minimum atomic E-state index is -3.86. The highest BCUT2D eigenvalue weighted by Gasteiger charge is 2.29. The Morgan fingerprint density at radius 3 is 2.12 bits per heavy atom. The van der Waals surface area contributed by atoms with Crippen LogP contribution in [0.1, 0.15) is 12.8 Å². The monoisotopic (exact) mass is 595 g/mol. The second-order valence-electron chi connectivity index (χ2n) is 10.8. The van der Waals surface area contributed by atoms with E-state index >= 15 is 0 Å². The molecule has 2 fully saturated rings. The third kappa shape index (κ3) is 6.22. The predicted molar refractivity (Wildman–Crippen MR) is 158 cm³/mol. The number of rotatable bonds is 7. The van der Waals surface area contributed by atoms with Gasteiger partial charge in [0.05, 0.1) is 34.5 Å². The molecule has 2 aliphatic rings. The number of hydrogen-bond acceptors (Lipinski definition) is 13. The number of nitrogens with two attached hydrogens (primary N) is 2. The summed E-state index contributed by atoms with van der Waals surface area (Å²) in [6.45, 7) is 1.53. The van der Waals surface area contributed by atoms with E-state index in [0.29, 0.717) is 42.4 Å². The molecule has 2 aromatic carbocycles. The normalized spacial score (nSPS) is 23.2. The summed E-state index contributed by atoms with van der Waals surface area (Å²) in [5.41, 5.74) is 14.1. The van der Waals surface area contributed by atoms with Crippen LogP contribution < -0.4 is 31.3 Å². The zero-order chi connectivity index (χ0) is 29.4. The molecule has 0 radical (unpaired) electrons. The Bertz CT molecular complexity index is 1600. The Kier molecular flexibility index (Phi) is 7.54. The van der Waals surface area contributed by atoms with Gasteiger partial charge in [0.2, 0.25) is 17.8 Å².